The first-order valence-corrected chi connectivity index (χ1v) is 14.3. The second-order valence-electron chi connectivity index (χ2n) is 9.94. The summed E-state index contributed by atoms with van der Waals surface area (Å²) < 4.78 is 69.6. The van der Waals surface area contributed by atoms with E-state index in [4.69, 9.17) is 0 Å². The van der Waals surface area contributed by atoms with Crippen LogP contribution in [0.5, 0.6) is 0 Å². The Bertz CT molecular complexity index is 1660. The van der Waals surface area contributed by atoms with E-state index in [1.54, 1.807) is 13.2 Å². The summed E-state index contributed by atoms with van der Waals surface area (Å²) in [6, 6.07) is 0.686. The zero-order valence-corrected chi connectivity index (χ0v) is 22.5. The maximum absolute atomic E-state index is 13.7. The van der Waals surface area contributed by atoms with Gasteiger partial charge in [-0.05, 0) is 56.2 Å². The van der Waals surface area contributed by atoms with E-state index in [0.29, 0.717) is 42.8 Å². The lowest BCUT2D eigenvalue weighted by molar-refractivity contribution is -0.228. The quantitative estimate of drug-likeness (QED) is 0.409. The van der Waals surface area contributed by atoms with Crippen LogP contribution in [-0.4, -0.2) is 62.6 Å². The average molecular weight is 591 g/mol. The number of aromatic nitrogens is 4. The second-order valence-corrected chi connectivity index (χ2v) is 12.9. The second kappa shape index (κ2) is 9.57. The lowest BCUT2D eigenvalue weighted by atomic mass is 10.1. The summed E-state index contributed by atoms with van der Waals surface area (Å²) in [4.78, 5) is 43.2. The minimum atomic E-state index is -5.42. The number of alkyl halides is 3. The highest BCUT2D eigenvalue weighted by Crippen LogP contribution is 2.46. The van der Waals surface area contributed by atoms with Crippen molar-refractivity contribution in [2.75, 3.05) is 13.1 Å². The molecule has 4 heterocycles. The van der Waals surface area contributed by atoms with Crippen molar-refractivity contribution in [3.63, 3.8) is 0 Å². The third-order valence-electron chi connectivity index (χ3n) is 6.88. The summed E-state index contributed by atoms with van der Waals surface area (Å²) >= 11 is 0.589. The Kier molecular flexibility index (Phi) is 6.76. The largest absolute Gasteiger partial charge is 0.492 e. The van der Waals surface area contributed by atoms with Crippen molar-refractivity contribution in [1.82, 2.24) is 28.7 Å². The number of hydroxylamine groups is 1. The first kappa shape index (κ1) is 27.5. The average Bonchev–Trinajstić information content (AvgIpc) is 3.24. The van der Waals surface area contributed by atoms with Gasteiger partial charge in [0.05, 0.1) is 23.7 Å². The molecule has 3 aromatic heterocycles. The first-order valence-electron chi connectivity index (χ1n) is 12.0. The molecular formula is C22H25F3N6O6S2. The number of hydrogen-bond acceptors (Lipinski definition) is 9. The van der Waals surface area contributed by atoms with Gasteiger partial charge in [0.25, 0.3) is 15.6 Å². The summed E-state index contributed by atoms with van der Waals surface area (Å²) in [5, 5.41) is 7.16. The molecule has 1 N–H and O–H groups in total. The minimum Gasteiger partial charge on any atom is -0.345 e. The van der Waals surface area contributed by atoms with Gasteiger partial charge in [-0.15, -0.1) is 11.3 Å². The van der Waals surface area contributed by atoms with Crippen LogP contribution in [0.15, 0.2) is 32.3 Å². The van der Waals surface area contributed by atoms with Crippen molar-refractivity contribution in [1.29, 1.82) is 0 Å². The Hall–Kier alpha value is -3.02. The van der Waals surface area contributed by atoms with Gasteiger partial charge in [0.1, 0.15) is 9.04 Å². The Balaban J connectivity index is 1.67. The van der Waals surface area contributed by atoms with Crippen LogP contribution in [0.1, 0.15) is 44.2 Å². The molecule has 0 atom stereocenters. The van der Waals surface area contributed by atoms with Crippen molar-refractivity contribution >= 4 is 37.5 Å². The maximum atomic E-state index is 13.7. The molecule has 5 rings (SSSR count). The molecule has 0 spiro atoms. The van der Waals surface area contributed by atoms with Crippen molar-refractivity contribution in [2.45, 2.75) is 61.1 Å². The maximum Gasteiger partial charge on any atom is 0.492 e. The van der Waals surface area contributed by atoms with Gasteiger partial charge in [0.15, 0.2) is 0 Å². The number of hydrogen-bond donors (Lipinski definition) is 1. The lowest BCUT2D eigenvalue weighted by Crippen LogP contribution is -2.44. The molecule has 1 saturated heterocycles. The number of aryl methyl sites for hydroxylation is 1. The van der Waals surface area contributed by atoms with E-state index >= 15 is 0 Å². The van der Waals surface area contributed by atoms with E-state index in [-0.39, 0.29) is 40.1 Å². The lowest BCUT2D eigenvalue weighted by Gasteiger charge is -2.26. The molecule has 2 fully saturated rings. The van der Waals surface area contributed by atoms with E-state index in [9.17, 15) is 36.0 Å². The molecule has 1 aliphatic heterocycles. The molecule has 1 aliphatic carbocycles. The molecule has 3 aromatic rings. The summed E-state index contributed by atoms with van der Waals surface area (Å²) in [7, 11) is -3.16. The predicted molar refractivity (Wildman–Crippen MR) is 133 cm³/mol. The molecule has 1 saturated carbocycles. The Morgan fingerprint density at radius 2 is 1.95 bits per heavy atom. The van der Waals surface area contributed by atoms with E-state index in [1.807, 2.05) is 0 Å². The molecular weight excluding hydrogens is 565 g/mol. The number of piperidine rings is 1. The van der Waals surface area contributed by atoms with Crippen LogP contribution in [0.2, 0.25) is 0 Å². The van der Waals surface area contributed by atoms with E-state index < -0.39 is 43.2 Å². The number of halogens is 3. The Morgan fingerprint density at radius 1 is 1.28 bits per heavy atom. The number of sulfonamides is 1. The van der Waals surface area contributed by atoms with Gasteiger partial charge < -0.3 is 10.2 Å². The van der Waals surface area contributed by atoms with Crippen molar-refractivity contribution in [3.05, 3.63) is 44.9 Å². The highest BCUT2D eigenvalue weighted by molar-refractivity contribution is 7.91. The molecule has 0 aromatic carbocycles. The molecule has 0 amide bonds. The summed E-state index contributed by atoms with van der Waals surface area (Å²) in [5.41, 5.74) is -2.19. The van der Waals surface area contributed by atoms with Crippen molar-refractivity contribution < 1.29 is 31.2 Å². The highest BCUT2D eigenvalue weighted by atomic mass is 32.2. The fourth-order valence-corrected chi connectivity index (χ4v) is 7.72. The molecule has 0 bridgehead atoms. The van der Waals surface area contributed by atoms with Gasteiger partial charge in [-0.1, -0.05) is 0 Å². The zero-order valence-electron chi connectivity index (χ0n) is 20.9. The monoisotopic (exact) mass is 590 g/mol. The van der Waals surface area contributed by atoms with Crippen LogP contribution in [-0.2, 0) is 33.2 Å². The predicted octanol–water partition coefficient (Wildman–Crippen LogP) is 1.49. The number of rotatable bonds is 7. The summed E-state index contributed by atoms with van der Waals surface area (Å²) in [6.07, 6.45) is -0.884. The summed E-state index contributed by atoms with van der Waals surface area (Å²) in [6.45, 7) is 2.43. The topological polar surface area (TPSA) is 138 Å². The van der Waals surface area contributed by atoms with Crippen molar-refractivity contribution in [3.8, 4) is 0 Å². The number of carbonyl (C=O) groups excluding carboxylic acids is 1. The molecule has 39 heavy (non-hydrogen) atoms. The van der Waals surface area contributed by atoms with Gasteiger partial charge >= 0.3 is 17.8 Å². The minimum absolute atomic E-state index is 0.0800. The number of fused-ring (bicyclic) bond motifs is 1. The standard InChI is InChI=1S/C22H25F3N6O6S2/c1-21(5-6-21)31(37-19(33)22(23,24)25)39(35,36)16-9-15-17(32)29(12-13-10-27-28(2)11-13)20(34)30(18(15)38-16)14-3-7-26-8-4-14/h9-11,14,26H,3-8,12H2,1-2H3. The van der Waals surface area contributed by atoms with Gasteiger partial charge in [-0.3, -0.25) is 18.6 Å². The number of carbonyl (C=O) groups is 1. The highest BCUT2D eigenvalue weighted by Gasteiger charge is 2.55. The van der Waals surface area contributed by atoms with Gasteiger partial charge in [-0.2, -0.15) is 18.3 Å². The molecule has 17 heteroatoms. The van der Waals surface area contributed by atoms with E-state index in [1.165, 1.54) is 22.4 Å². The molecule has 0 unspecified atom stereocenters. The number of nitrogens with one attached hydrogen (secondary N) is 1. The fraction of sp³-hybridized carbons (Fsp3) is 0.545. The molecule has 2 aliphatic rings. The van der Waals surface area contributed by atoms with Crippen LogP contribution < -0.4 is 16.6 Å². The third-order valence-corrected chi connectivity index (χ3v) is 10.3. The van der Waals surface area contributed by atoms with E-state index in [0.717, 1.165) is 10.6 Å². The van der Waals surface area contributed by atoms with Gasteiger partial charge in [-0.25, -0.2) is 18.0 Å². The fourth-order valence-electron chi connectivity index (χ4n) is 4.55. The first-order chi connectivity index (χ1) is 18.2. The van der Waals surface area contributed by atoms with Crippen LogP contribution in [0, 0.1) is 0 Å². The Labute approximate surface area is 223 Å². The van der Waals surface area contributed by atoms with Crippen LogP contribution in [0.4, 0.5) is 13.2 Å². The van der Waals surface area contributed by atoms with Crippen LogP contribution >= 0.6 is 11.3 Å². The third kappa shape index (κ3) is 5.03. The van der Waals surface area contributed by atoms with Crippen LogP contribution in [0.25, 0.3) is 10.2 Å². The summed E-state index contributed by atoms with van der Waals surface area (Å²) in [5.74, 6) is -2.68. The Morgan fingerprint density at radius 3 is 2.51 bits per heavy atom. The smallest absolute Gasteiger partial charge is 0.345 e. The molecule has 212 valence electrons. The SMILES string of the molecule is Cn1cc(Cn2c(=O)c3cc(S(=O)(=O)N(OC(=O)C(F)(F)F)C4(C)CC4)sc3n(C3CCNCC3)c2=O)cn1. The molecule has 0 radical (unpaired) electrons. The van der Waals surface area contributed by atoms with E-state index in [2.05, 4.69) is 15.3 Å². The number of thiophene rings is 1. The van der Waals surface area contributed by atoms with Crippen LogP contribution in [0.3, 0.4) is 0 Å². The normalized spacial score (nSPS) is 18.1. The zero-order chi connectivity index (χ0) is 28.3. The van der Waals surface area contributed by atoms with Gasteiger partial charge in [0, 0.05) is 24.8 Å². The van der Waals surface area contributed by atoms with Gasteiger partial charge in [0.2, 0.25) is 0 Å². The van der Waals surface area contributed by atoms with Crippen molar-refractivity contribution in [2.24, 2.45) is 7.05 Å². The molecule has 12 nitrogen and oxygen atoms in total. The number of nitrogens with zero attached hydrogens (tertiary/aromatic N) is 5.